The van der Waals surface area contributed by atoms with Gasteiger partial charge in [-0.3, -0.25) is 9.78 Å². The van der Waals surface area contributed by atoms with Crippen molar-refractivity contribution in [1.82, 2.24) is 24.8 Å². The predicted octanol–water partition coefficient (Wildman–Crippen LogP) is 4.34. The summed E-state index contributed by atoms with van der Waals surface area (Å²) in [5, 5.41) is 0.858. The van der Waals surface area contributed by atoms with Gasteiger partial charge in [-0.25, -0.2) is 15.0 Å². The Morgan fingerprint density at radius 2 is 2.03 bits per heavy atom. The van der Waals surface area contributed by atoms with Crippen molar-refractivity contribution in [3.63, 3.8) is 0 Å². The Hall–Kier alpha value is -3.34. The Kier molecular flexibility index (Phi) is 6.27. The van der Waals surface area contributed by atoms with Gasteiger partial charge in [0.05, 0.1) is 40.2 Å². The molecular formula is C25H23IN6O2. The van der Waals surface area contributed by atoms with Crippen LogP contribution in [0.5, 0.6) is 5.75 Å². The van der Waals surface area contributed by atoms with Crippen LogP contribution in [0, 0.1) is 3.57 Å². The van der Waals surface area contributed by atoms with Gasteiger partial charge in [-0.15, -0.1) is 0 Å². The van der Waals surface area contributed by atoms with Gasteiger partial charge in [0, 0.05) is 23.3 Å². The minimum atomic E-state index is -0.358. The highest BCUT2D eigenvalue weighted by Crippen LogP contribution is 2.28. The number of aromatic nitrogens is 4. The highest BCUT2D eigenvalue weighted by atomic mass is 127. The maximum atomic E-state index is 13.8. The molecule has 1 amide bonds. The number of fused-ring (bicyclic) bond motifs is 2. The van der Waals surface area contributed by atoms with Gasteiger partial charge in [0.15, 0.2) is 0 Å². The van der Waals surface area contributed by atoms with Gasteiger partial charge >= 0.3 is 0 Å². The van der Waals surface area contributed by atoms with Crippen LogP contribution in [-0.4, -0.2) is 37.3 Å². The Balaban J connectivity index is 1.51. The van der Waals surface area contributed by atoms with Crippen LogP contribution in [0.25, 0.3) is 10.9 Å². The summed E-state index contributed by atoms with van der Waals surface area (Å²) in [5.74, 6) is 1.74. The van der Waals surface area contributed by atoms with Crippen LogP contribution >= 0.6 is 22.6 Å². The van der Waals surface area contributed by atoms with E-state index in [1.54, 1.807) is 35.6 Å². The Labute approximate surface area is 210 Å². The number of nitrogens with two attached hydrogens (primary N) is 1. The first-order valence-corrected chi connectivity index (χ1v) is 12.1. The molecule has 1 aliphatic rings. The summed E-state index contributed by atoms with van der Waals surface area (Å²) in [6, 6.07) is 10.8. The van der Waals surface area contributed by atoms with Crippen LogP contribution in [0.4, 0.5) is 5.82 Å². The molecule has 0 saturated carbocycles. The summed E-state index contributed by atoms with van der Waals surface area (Å²) in [4.78, 5) is 33.3. The van der Waals surface area contributed by atoms with Crippen LogP contribution in [0.15, 0.2) is 55.0 Å². The topological polar surface area (TPSA) is 107 Å². The molecule has 0 bridgehead atoms. The molecule has 0 spiro atoms. The molecule has 172 valence electrons. The smallest absolute Gasteiger partial charge is 0.254 e. The number of aryl methyl sites for hydroxylation is 1. The van der Waals surface area contributed by atoms with Crippen molar-refractivity contribution in [2.24, 2.45) is 0 Å². The van der Waals surface area contributed by atoms with Gasteiger partial charge in [0.1, 0.15) is 17.4 Å². The number of ether oxygens (including phenoxy) is 1. The molecule has 5 rings (SSSR count). The van der Waals surface area contributed by atoms with Crippen LogP contribution in [-0.2, 0) is 13.0 Å². The summed E-state index contributed by atoms with van der Waals surface area (Å²) in [7, 11) is 0. The van der Waals surface area contributed by atoms with Crippen LogP contribution in [0.1, 0.15) is 46.8 Å². The quantitative estimate of drug-likeness (QED) is 0.359. The van der Waals surface area contributed by atoms with E-state index >= 15 is 0 Å². The van der Waals surface area contributed by atoms with Crippen LogP contribution in [0.3, 0.4) is 0 Å². The first-order valence-electron chi connectivity index (χ1n) is 11.0. The molecular weight excluding hydrogens is 543 g/mol. The van der Waals surface area contributed by atoms with Crippen LogP contribution < -0.4 is 10.5 Å². The van der Waals surface area contributed by atoms with E-state index in [1.807, 2.05) is 31.2 Å². The fraction of sp³-hybridized carbons (Fsp3) is 0.240. The molecule has 9 heteroatoms. The van der Waals surface area contributed by atoms with E-state index < -0.39 is 0 Å². The maximum Gasteiger partial charge on any atom is 0.254 e. The SMILES string of the molecule is C[C@H](c1ncccn1)N(Cc1cc2c(cn1)OCCC2)C(=O)c1ccc2nc(N)c(I)cc2c1. The second-order valence-electron chi connectivity index (χ2n) is 8.21. The van der Waals surface area contributed by atoms with E-state index in [9.17, 15) is 4.79 Å². The molecule has 3 aromatic heterocycles. The molecule has 0 fully saturated rings. The van der Waals surface area contributed by atoms with E-state index in [4.69, 9.17) is 10.5 Å². The molecule has 0 aliphatic carbocycles. The third-order valence-corrected chi connectivity index (χ3v) is 6.78. The lowest BCUT2D eigenvalue weighted by atomic mass is 10.1. The van der Waals surface area contributed by atoms with Gasteiger partial charge in [0.2, 0.25) is 0 Å². The lowest BCUT2D eigenvalue weighted by Crippen LogP contribution is -2.34. The van der Waals surface area contributed by atoms with E-state index in [2.05, 4.69) is 42.5 Å². The molecule has 0 unspecified atom stereocenters. The van der Waals surface area contributed by atoms with Crippen molar-refractivity contribution >= 4 is 45.2 Å². The summed E-state index contributed by atoms with van der Waals surface area (Å²) in [6.07, 6.45) is 7.04. The zero-order valence-electron chi connectivity index (χ0n) is 18.6. The van der Waals surface area contributed by atoms with Gasteiger partial charge in [-0.05, 0) is 84.3 Å². The third kappa shape index (κ3) is 4.52. The predicted molar refractivity (Wildman–Crippen MR) is 137 cm³/mol. The number of pyridine rings is 2. The lowest BCUT2D eigenvalue weighted by Gasteiger charge is -2.29. The fourth-order valence-electron chi connectivity index (χ4n) is 4.08. The summed E-state index contributed by atoms with van der Waals surface area (Å²) >= 11 is 2.15. The number of anilines is 1. The van der Waals surface area contributed by atoms with Crippen LogP contribution in [0.2, 0.25) is 0 Å². The van der Waals surface area contributed by atoms with Gasteiger partial charge in [-0.1, -0.05) is 0 Å². The molecule has 8 nitrogen and oxygen atoms in total. The molecule has 0 radical (unpaired) electrons. The third-order valence-electron chi connectivity index (χ3n) is 5.92. The Morgan fingerprint density at radius 1 is 1.21 bits per heavy atom. The number of hydrogen-bond donors (Lipinski definition) is 1. The number of hydrogen-bond acceptors (Lipinski definition) is 7. The second kappa shape index (κ2) is 9.49. The van der Waals surface area contributed by atoms with Crippen molar-refractivity contribution in [1.29, 1.82) is 0 Å². The number of amides is 1. The largest absolute Gasteiger partial charge is 0.492 e. The van der Waals surface area contributed by atoms with Crippen molar-refractivity contribution in [2.75, 3.05) is 12.3 Å². The average Bonchev–Trinajstić information content (AvgIpc) is 2.87. The first-order chi connectivity index (χ1) is 16.5. The number of nitrogen functional groups attached to an aromatic ring is 1. The summed E-state index contributed by atoms with van der Waals surface area (Å²) < 4.78 is 6.54. The van der Waals surface area contributed by atoms with Crippen molar-refractivity contribution in [3.8, 4) is 5.75 Å². The van der Waals surface area contributed by atoms with E-state index in [0.717, 1.165) is 44.3 Å². The zero-order valence-corrected chi connectivity index (χ0v) is 20.8. The molecule has 4 heterocycles. The number of rotatable bonds is 5. The van der Waals surface area contributed by atoms with Gasteiger partial charge in [0.25, 0.3) is 5.91 Å². The minimum absolute atomic E-state index is 0.135. The molecule has 2 N–H and O–H groups in total. The number of carbonyl (C=O) groups excluding carboxylic acids is 1. The van der Waals surface area contributed by atoms with Crippen molar-refractivity contribution < 1.29 is 9.53 Å². The molecule has 1 atom stereocenters. The standard InChI is InChI=1S/C25H23IN6O2/c1-15(24-28-7-3-8-29-24)32(14-19-11-16-4-2-9-34-22(16)13-30-19)25(33)17-5-6-21-18(10-17)12-20(26)23(27)31-21/h3,5-8,10-13,15H,2,4,9,14H2,1H3,(H2,27,31)/t15-/m1/s1. The summed E-state index contributed by atoms with van der Waals surface area (Å²) in [5.41, 5.74) is 9.17. The highest BCUT2D eigenvalue weighted by molar-refractivity contribution is 14.1. The van der Waals surface area contributed by atoms with Gasteiger partial charge < -0.3 is 15.4 Å². The molecule has 0 saturated heterocycles. The van der Waals surface area contributed by atoms with E-state index in [-0.39, 0.29) is 11.9 Å². The number of halogens is 1. The maximum absolute atomic E-state index is 13.8. The van der Waals surface area contributed by atoms with Crippen molar-refractivity contribution in [2.45, 2.75) is 32.4 Å². The summed E-state index contributed by atoms with van der Waals surface area (Å²) in [6.45, 7) is 2.96. The lowest BCUT2D eigenvalue weighted by molar-refractivity contribution is 0.0663. The second-order valence-corrected chi connectivity index (χ2v) is 9.38. The Morgan fingerprint density at radius 3 is 2.85 bits per heavy atom. The number of carbonyl (C=O) groups is 1. The minimum Gasteiger partial charge on any atom is -0.492 e. The molecule has 4 aromatic rings. The Bertz CT molecular complexity index is 1360. The average molecular weight is 566 g/mol. The van der Waals surface area contributed by atoms with Crippen molar-refractivity contribution in [3.05, 3.63) is 81.2 Å². The molecule has 34 heavy (non-hydrogen) atoms. The zero-order chi connectivity index (χ0) is 23.7. The fourth-order valence-corrected chi connectivity index (χ4v) is 4.54. The van der Waals surface area contributed by atoms with Gasteiger partial charge in [-0.2, -0.15) is 0 Å². The van der Waals surface area contributed by atoms with E-state index in [0.29, 0.717) is 30.4 Å². The molecule has 1 aromatic carbocycles. The number of benzene rings is 1. The van der Waals surface area contributed by atoms with E-state index in [1.165, 1.54) is 0 Å². The monoisotopic (exact) mass is 566 g/mol. The number of nitrogens with zero attached hydrogens (tertiary/aromatic N) is 5. The first kappa shape index (κ1) is 22.5. The normalized spacial score (nSPS) is 13.7. The highest BCUT2D eigenvalue weighted by Gasteiger charge is 2.26. The molecule has 1 aliphatic heterocycles.